The van der Waals surface area contributed by atoms with Crippen LogP contribution < -0.4 is 5.73 Å². The number of fused-ring (bicyclic) bond motifs is 1. The van der Waals surface area contributed by atoms with E-state index in [-0.39, 0.29) is 17.4 Å². The molecule has 0 spiro atoms. The fraction of sp³-hybridized carbons (Fsp3) is 0.125. The van der Waals surface area contributed by atoms with E-state index in [1.165, 1.54) is 0 Å². The molecule has 118 valence electrons. The number of anilines is 1. The van der Waals surface area contributed by atoms with E-state index in [1.54, 1.807) is 6.07 Å². The molecule has 0 saturated carbocycles. The maximum Gasteiger partial charge on any atom is 0.214 e. The predicted octanol–water partition coefficient (Wildman–Crippen LogP) is 4.53. The number of nitrogens with one attached hydrogen (secondary N) is 1. The van der Waals surface area contributed by atoms with Crippen molar-refractivity contribution in [3.05, 3.63) is 71.9 Å². The van der Waals surface area contributed by atoms with Gasteiger partial charge in [0.15, 0.2) is 0 Å². The molecule has 0 amide bonds. The number of aromatic nitrogens is 1. The highest BCUT2D eigenvalue weighted by Gasteiger charge is 2.24. The highest BCUT2D eigenvalue weighted by atomic mass is 127. The van der Waals surface area contributed by atoms with E-state index in [1.807, 2.05) is 36.5 Å². The second-order valence-electron chi connectivity index (χ2n) is 5.28. The fourth-order valence-corrected chi connectivity index (χ4v) is 3.60. The van der Waals surface area contributed by atoms with E-state index in [2.05, 4.69) is 43.5 Å². The number of rotatable bonds is 4. The molecule has 23 heavy (non-hydrogen) atoms. The van der Waals surface area contributed by atoms with Crippen LogP contribution in [0.5, 0.6) is 0 Å². The van der Waals surface area contributed by atoms with Gasteiger partial charge in [-0.25, -0.2) is 0 Å². The van der Waals surface area contributed by atoms with Crippen LogP contribution in [-0.4, -0.2) is 16.5 Å². The molecule has 5 nitrogen and oxygen atoms in total. The Balaban J connectivity index is 2.16. The lowest BCUT2D eigenvalue weighted by Crippen LogP contribution is -2.14. The fourth-order valence-electron chi connectivity index (χ4n) is 2.70. The van der Waals surface area contributed by atoms with Crippen molar-refractivity contribution in [1.29, 1.82) is 0 Å². The third-order valence-electron chi connectivity index (χ3n) is 3.81. The molecule has 1 atom stereocenters. The van der Waals surface area contributed by atoms with Crippen LogP contribution in [-0.2, 0) is 0 Å². The summed E-state index contributed by atoms with van der Waals surface area (Å²) in [5, 5.41) is 12.2. The molecule has 1 unspecified atom stereocenters. The predicted molar refractivity (Wildman–Crippen MR) is 103 cm³/mol. The van der Waals surface area contributed by atoms with Gasteiger partial charge in [-0.3, -0.25) is 10.1 Å². The van der Waals surface area contributed by atoms with E-state index < -0.39 is 0 Å². The monoisotopic (exact) mass is 485 g/mol. The molecule has 0 aliphatic carbocycles. The third-order valence-corrected chi connectivity index (χ3v) is 5.24. The van der Waals surface area contributed by atoms with E-state index in [9.17, 15) is 10.1 Å². The minimum Gasteiger partial charge on any atom is -0.398 e. The molecule has 0 fully saturated rings. The lowest BCUT2D eigenvalue weighted by Gasteiger charge is -2.14. The Morgan fingerprint density at radius 1 is 1.30 bits per heavy atom. The normalized spacial score (nSPS) is 12.4. The highest BCUT2D eigenvalue weighted by molar-refractivity contribution is 14.1. The van der Waals surface area contributed by atoms with E-state index in [0.29, 0.717) is 5.69 Å². The Morgan fingerprint density at radius 3 is 2.78 bits per heavy atom. The first kappa shape index (κ1) is 16.3. The van der Waals surface area contributed by atoms with Crippen molar-refractivity contribution in [2.75, 3.05) is 12.3 Å². The Labute approximate surface area is 154 Å². The highest BCUT2D eigenvalue weighted by Crippen LogP contribution is 2.34. The van der Waals surface area contributed by atoms with Gasteiger partial charge in [-0.1, -0.05) is 22.0 Å². The second-order valence-corrected chi connectivity index (χ2v) is 7.36. The summed E-state index contributed by atoms with van der Waals surface area (Å²) >= 11 is 5.61. The van der Waals surface area contributed by atoms with Gasteiger partial charge in [0.25, 0.3) is 0 Å². The average molecular weight is 486 g/mol. The van der Waals surface area contributed by atoms with Gasteiger partial charge in [0.05, 0.1) is 5.92 Å². The molecule has 0 aliphatic heterocycles. The Kier molecular flexibility index (Phi) is 4.58. The zero-order valence-electron chi connectivity index (χ0n) is 11.9. The van der Waals surface area contributed by atoms with Crippen LogP contribution in [0.4, 0.5) is 5.69 Å². The minimum absolute atomic E-state index is 0.167. The Bertz CT molecular complexity index is 894. The molecule has 0 aliphatic rings. The van der Waals surface area contributed by atoms with Crippen molar-refractivity contribution >= 4 is 55.1 Å². The summed E-state index contributed by atoms with van der Waals surface area (Å²) in [5.74, 6) is -0.331. The summed E-state index contributed by atoms with van der Waals surface area (Å²) in [4.78, 5) is 14.1. The number of H-pyrrole nitrogens is 1. The van der Waals surface area contributed by atoms with Gasteiger partial charge in [-0.05, 0) is 64.0 Å². The SMILES string of the molecule is Nc1ccc(C(C[N+](=O)[O-])c2c[nH]c3ccc(Br)cc23)cc1I. The summed E-state index contributed by atoms with van der Waals surface area (Å²) < 4.78 is 1.84. The van der Waals surface area contributed by atoms with Gasteiger partial charge in [-0.15, -0.1) is 0 Å². The van der Waals surface area contributed by atoms with Crippen LogP contribution in [0.2, 0.25) is 0 Å². The smallest absolute Gasteiger partial charge is 0.214 e. The molecule has 7 heteroatoms. The molecule has 1 heterocycles. The number of hydrogen-bond acceptors (Lipinski definition) is 3. The molecule has 3 N–H and O–H groups in total. The maximum absolute atomic E-state index is 11.2. The summed E-state index contributed by atoms with van der Waals surface area (Å²) in [5.41, 5.74) is 9.31. The van der Waals surface area contributed by atoms with Crippen molar-refractivity contribution in [3.63, 3.8) is 0 Å². The number of aromatic amines is 1. The first-order valence-electron chi connectivity index (χ1n) is 6.89. The van der Waals surface area contributed by atoms with Gasteiger partial charge in [0.1, 0.15) is 0 Å². The van der Waals surface area contributed by atoms with E-state index in [4.69, 9.17) is 5.73 Å². The van der Waals surface area contributed by atoms with Crippen molar-refractivity contribution < 1.29 is 4.92 Å². The summed E-state index contributed by atoms with van der Waals surface area (Å²) in [6, 6.07) is 11.5. The Hall–Kier alpha value is -1.61. The molecular weight excluding hydrogens is 473 g/mol. The van der Waals surface area contributed by atoms with Crippen molar-refractivity contribution in [2.45, 2.75) is 5.92 Å². The number of nitro groups is 1. The standard InChI is InChI=1S/C16H13BrIN3O2/c17-10-2-4-16-11(6-10)12(7-20-16)13(8-21(22)23)9-1-3-15(19)14(18)5-9/h1-7,13,20H,8,19H2. The lowest BCUT2D eigenvalue weighted by molar-refractivity contribution is -0.481. The van der Waals surface area contributed by atoms with Gasteiger partial charge < -0.3 is 10.7 Å². The number of benzene rings is 2. The molecule has 0 saturated heterocycles. The van der Waals surface area contributed by atoms with Gasteiger partial charge in [0, 0.05) is 35.8 Å². The first-order chi connectivity index (χ1) is 11.0. The van der Waals surface area contributed by atoms with E-state index in [0.717, 1.165) is 30.1 Å². The summed E-state index contributed by atoms with van der Waals surface area (Å²) in [7, 11) is 0. The second kappa shape index (κ2) is 6.48. The number of halogens is 2. The summed E-state index contributed by atoms with van der Waals surface area (Å²) in [6.45, 7) is -0.167. The first-order valence-corrected chi connectivity index (χ1v) is 8.76. The molecule has 3 aromatic rings. The molecule has 1 aromatic heterocycles. The third kappa shape index (κ3) is 3.35. The maximum atomic E-state index is 11.2. The largest absolute Gasteiger partial charge is 0.398 e. The molecule has 2 aromatic carbocycles. The lowest BCUT2D eigenvalue weighted by atomic mass is 9.91. The van der Waals surface area contributed by atoms with Crippen LogP contribution >= 0.6 is 38.5 Å². The van der Waals surface area contributed by atoms with Crippen LogP contribution in [0.1, 0.15) is 17.0 Å². The average Bonchev–Trinajstić information content (AvgIpc) is 2.90. The van der Waals surface area contributed by atoms with Crippen molar-refractivity contribution in [1.82, 2.24) is 4.98 Å². The zero-order chi connectivity index (χ0) is 16.6. The minimum atomic E-state index is -0.331. The van der Waals surface area contributed by atoms with Crippen LogP contribution in [0.15, 0.2) is 47.1 Å². The Morgan fingerprint density at radius 2 is 2.09 bits per heavy atom. The quantitative estimate of drug-likeness (QED) is 0.246. The molecule has 0 bridgehead atoms. The van der Waals surface area contributed by atoms with Crippen LogP contribution in [0, 0.1) is 13.7 Å². The van der Waals surface area contributed by atoms with Crippen LogP contribution in [0.25, 0.3) is 10.9 Å². The zero-order valence-corrected chi connectivity index (χ0v) is 15.7. The molecule has 0 radical (unpaired) electrons. The van der Waals surface area contributed by atoms with Crippen LogP contribution in [0.3, 0.4) is 0 Å². The topological polar surface area (TPSA) is 84.9 Å². The van der Waals surface area contributed by atoms with Crippen molar-refractivity contribution in [3.8, 4) is 0 Å². The van der Waals surface area contributed by atoms with E-state index >= 15 is 0 Å². The number of nitrogens with zero attached hydrogens (tertiary/aromatic N) is 1. The van der Waals surface area contributed by atoms with Gasteiger partial charge in [-0.2, -0.15) is 0 Å². The number of nitrogens with two attached hydrogens (primary N) is 1. The number of nitrogen functional groups attached to an aromatic ring is 1. The van der Waals surface area contributed by atoms with Gasteiger partial charge in [0.2, 0.25) is 6.54 Å². The molecule has 3 rings (SSSR count). The van der Waals surface area contributed by atoms with Crippen molar-refractivity contribution in [2.24, 2.45) is 0 Å². The number of hydrogen-bond donors (Lipinski definition) is 2. The summed E-state index contributed by atoms with van der Waals surface area (Å²) in [6.07, 6.45) is 1.86. The molecular formula is C16H13BrIN3O2. The van der Waals surface area contributed by atoms with Gasteiger partial charge >= 0.3 is 0 Å².